The molecule has 1 fully saturated rings. The number of fused-ring (bicyclic) bond motifs is 2. The second kappa shape index (κ2) is 20.3. The van der Waals surface area contributed by atoms with E-state index in [1.807, 2.05) is 11.8 Å². The van der Waals surface area contributed by atoms with Crippen molar-refractivity contribution < 1.29 is 49.1 Å². The lowest BCUT2D eigenvalue weighted by Gasteiger charge is -2.34. The van der Waals surface area contributed by atoms with Crippen LogP contribution in [0.25, 0.3) is 5.57 Å². The summed E-state index contributed by atoms with van der Waals surface area (Å²) in [5.74, 6) is -4.19. The van der Waals surface area contributed by atoms with Crippen molar-refractivity contribution in [2.24, 2.45) is 0 Å². The fourth-order valence-corrected chi connectivity index (χ4v) is 5.55. The summed E-state index contributed by atoms with van der Waals surface area (Å²) in [6.07, 6.45) is 5.72. The Morgan fingerprint density at radius 2 is 1.20 bits per heavy atom. The summed E-state index contributed by atoms with van der Waals surface area (Å²) in [6.45, 7) is 8.12. The SMILES string of the molecule is CC(=O)OCCN1CCN(CC/C=C2/c3ccccc3CSc3ccccc32)CC1.O=C(O)/C=C/C(=O)O.O=C(O)/C=C/C(=O)O. The zero-order chi connectivity index (χ0) is 33.9. The van der Waals surface area contributed by atoms with Crippen LogP contribution in [0.1, 0.15) is 30.0 Å². The van der Waals surface area contributed by atoms with E-state index >= 15 is 0 Å². The summed E-state index contributed by atoms with van der Waals surface area (Å²) < 4.78 is 5.07. The summed E-state index contributed by atoms with van der Waals surface area (Å²) >= 11 is 1.94. The van der Waals surface area contributed by atoms with Crippen molar-refractivity contribution in [1.29, 1.82) is 0 Å². The molecular weight excluding hydrogens is 616 g/mol. The van der Waals surface area contributed by atoms with Gasteiger partial charge in [0.1, 0.15) is 6.61 Å². The quantitative estimate of drug-likeness (QED) is 0.215. The summed E-state index contributed by atoms with van der Waals surface area (Å²) in [5, 5.41) is 31.2. The van der Waals surface area contributed by atoms with Crippen molar-refractivity contribution in [3.8, 4) is 0 Å². The van der Waals surface area contributed by atoms with E-state index in [0.717, 1.165) is 51.4 Å². The number of carbonyl (C=O) groups excluding carboxylic acids is 1. The van der Waals surface area contributed by atoms with Crippen molar-refractivity contribution in [2.75, 3.05) is 45.9 Å². The Morgan fingerprint density at radius 1 is 0.717 bits per heavy atom. The van der Waals surface area contributed by atoms with Crippen molar-refractivity contribution in [1.82, 2.24) is 9.80 Å². The number of ether oxygens (including phenoxy) is 1. The Morgan fingerprint density at radius 3 is 1.72 bits per heavy atom. The highest BCUT2D eigenvalue weighted by atomic mass is 32.2. The molecule has 2 aliphatic rings. The van der Waals surface area contributed by atoms with Crippen molar-refractivity contribution in [2.45, 2.75) is 24.0 Å². The number of carboxylic acids is 4. The van der Waals surface area contributed by atoms with Gasteiger partial charge in [0.05, 0.1) is 0 Å². The predicted molar refractivity (Wildman–Crippen MR) is 172 cm³/mol. The Bertz CT molecular complexity index is 1330. The lowest BCUT2D eigenvalue weighted by molar-refractivity contribution is -0.141. The maximum atomic E-state index is 10.9. The van der Waals surface area contributed by atoms with Gasteiger partial charge in [-0.25, -0.2) is 19.2 Å². The van der Waals surface area contributed by atoms with Gasteiger partial charge in [-0.2, -0.15) is 0 Å². The fraction of sp³-hybridized carbons (Fsp3) is 0.303. The first-order chi connectivity index (χ1) is 22.0. The number of benzene rings is 2. The smallest absolute Gasteiger partial charge is 0.328 e. The van der Waals surface area contributed by atoms with Gasteiger partial charge in [-0.05, 0) is 34.8 Å². The summed E-state index contributed by atoms with van der Waals surface area (Å²) in [5.41, 5.74) is 5.55. The Balaban J connectivity index is 0.000000381. The molecule has 246 valence electrons. The maximum absolute atomic E-state index is 10.9. The summed E-state index contributed by atoms with van der Waals surface area (Å²) in [7, 11) is 0. The third-order valence-corrected chi connectivity index (χ3v) is 7.70. The van der Waals surface area contributed by atoms with Crippen LogP contribution in [-0.2, 0) is 34.5 Å². The number of rotatable bonds is 10. The van der Waals surface area contributed by atoms with Crippen LogP contribution >= 0.6 is 11.8 Å². The average Bonchev–Trinajstić information content (AvgIpc) is 3.17. The normalized spacial score (nSPS) is 15.4. The number of hydrogen-bond donors (Lipinski definition) is 4. The van der Waals surface area contributed by atoms with Crippen LogP contribution in [0.3, 0.4) is 0 Å². The van der Waals surface area contributed by atoms with Crippen LogP contribution in [-0.4, -0.2) is 106 Å². The number of hydrogen-bond acceptors (Lipinski definition) is 9. The molecule has 0 aromatic heterocycles. The molecule has 0 aliphatic carbocycles. The zero-order valence-corrected chi connectivity index (χ0v) is 26.2. The number of esters is 1. The lowest BCUT2D eigenvalue weighted by Crippen LogP contribution is -2.47. The maximum Gasteiger partial charge on any atom is 0.328 e. The largest absolute Gasteiger partial charge is 0.478 e. The molecule has 12 nitrogen and oxygen atoms in total. The molecule has 2 aromatic carbocycles. The van der Waals surface area contributed by atoms with Gasteiger partial charge in [0.2, 0.25) is 0 Å². The van der Waals surface area contributed by atoms with Gasteiger partial charge in [-0.3, -0.25) is 9.69 Å². The Labute approximate surface area is 271 Å². The van der Waals surface area contributed by atoms with Crippen LogP contribution in [0, 0.1) is 0 Å². The number of carboxylic acid groups (broad SMARTS) is 4. The first kappa shape index (κ1) is 37.5. The molecule has 2 heterocycles. The standard InChI is InChI=1S/C25H30N2O2S.2C4H4O4/c1-20(28)29-18-17-27-15-13-26(14-16-27)12-6-10-23-22-8-3-2-7-21(22)19-30-25-11-5-4-9-24(23)25;2*5-3(6)1-2-4(7)8/h2-5,7-11H,6,12-19H2,1H3;2*1-2H,(H,5,6)(H,7,8)/b23-10-;2*2-1+. The summed E-state index contributed by atoms with van der Waals surface area (Å²) in [4.78, 5) is 55.4. The number of thioether (sulfide) groups is 1. The molecule has 0 spiro atoms. The lowest BCUT2D eigenvalue weighted by atomic mass is 9.93. The zero-order valence-electron chi connectivity index (χ0n) is 25.4. The molecule has 0 unspecified atom stereocenters. The fourth-order valence-electron chi connectivity index (χ4n) is 4.48. The second-order valence-corrected chi connectivity index (χ2v) is 10.9. The molecule has 2 aromatic rings. The van der Waals surface area contributed by atoms with Crippen molar-refractivity contribution >= 4 is 47.2 Å². The second-order valence-electron chi connectivity index (χ2n) is 9.89. The van der Waals surface area contributed by atoms with Crippen LogP contribution in [0.4, 0.5) is 0 Å². The van der Waals surface area contributed by atoms with E-state index in [1.54, 1.807) is 0 Å². The highest BCUT2D eigenvalue weighted by Crippen LogP contribution is 2.40. The number of carbonyl (C=O) groups is 5. The minimum atomic E-state index is -1.26. The van der Waals surface area contributed by atoms with Gasteiger partial charge in [-0.15, -0.1) is 11.8 Å². The van der Waals surface area contributed by atoms with Gasteiger partial charge in [0.15, 0.2) is 0 Å². The van der Waals surface area contributed by atoms with Gasteiger partial charge in [-0.1, -0.05) is 48.5 Å². The van der Waals surface area contributed by atoms with Gasteiger partial charge in [0, 0.05) is 81.1 Å². The van der Waals surface area contributed by atoms with Gasteiger partial charge in [0.25, 0.3) is 0 Å². The van der Waals surface area contributed by atoms with Gasteiger partial charge < -0.3 is 30.1 Å². The Kier molecular flexibility index (Phi) is 16.6. The van der Waals surface area contributed by atoms with Crippen LogP contribution in [0.2, 0.25) is 0 Å². The molecule has 0 atom stereocenters. The molecule has 4 N–H and O–H groups in total. The van der Waals surface area contributed by atoms with Crippen molar-refractivity contribution in [3.05, 3.63) is 95.6 Å². The molecule has 2 aliphatic heterocycles. The van der Waals surface area contributed by atoms with E-state index in [2.05, 4.69) is 64.4 Å². The average molecular weight is 655 g/mol. The van der Waals surface area contributed by atoms with Crippen LogP contribution < -0.4 is 0 Å². The number of nitrogens with zero attached hydrogens (tertiary/aromatic N) is 2. The third-order valence-electron chi connectivity index (χ3n) is 6.58. The van der Waals surface area contributed by atoms with E-state index in [1.165, 1.54) is 34.1 Å². The molecule has 13 heteroatoms. The monoisotopic (exact) mass is 654 g/mol. The minimum absolute atomic E-state index is 0.193. The molecule has 4 rings (SSSR count). The van der Waals surface area contributed by atoms with Crippen molar-refractivity contribution in [3.63, 3.8) is 0 Å². The van der Waals surface area contributed by atoms with E-state index in [0.29, 0.717) is 30.9 Å². The first-order valence-corrected chi connectivity index (χ1v) is 15.3. The molecule has 0 saturated carbocycles. The third kappa shape index (κ3) is 14.8. The number of aliphatic carboxylic acids is 4. The molecule has 0 radical (unpaired) electrons. The van der Waals surface area contributed by atoms with E-state index < -0.39 is 23.9 Å². The molecule has 0 amide bonds. The first-order valence-electron chi connectivity index (χ1n) is 14.3. The van der Waals surface area contributed by atoms with E-state index in [4.69, 9.17) is 25.2 Å². The molecule has 1 saturated heterocycles. The van der Waals surface area contributed by atoms with Crippen LogP contribution in [0.15, 0.2) is 83.8 Å². The van der Waals surface area contributed by atoms with Gasteiger partial charge >= 0.3 is 29.8 Å². The minimum Gasteiger partial charge on any atom is -0.478 e. The molecule has 46 heavy (non-hydrogen) atoms. The highest BCUT2D eigenvalue weighted by molar-refractivity contribution is 7.98. The molecule has 0 bridgehead atoms. The van der Waals surface area contributed by atoms with E-state index in [-0.39, 0.29) is 5.97 Å². The molecular formula is C33H38N2O10S. The highest BCUT2D eigenvalue weighted by Gasteiger charge is 2.19. The summed E-state index contributed by atoms with van der Waals surface area (Å²) in [6, 6.07) is 17.6. The Hall–Kier alpha value is -4.72. The topological polar surface area (TPSA) is 182 Å². The van der Waals surface area contributed by atoms with E-state index in [9.17, 15) is 24.0 Å². The van der Waals surface area contributed by atoms with Crippen LogP contribution in [0.5, 0.6) is 0 Å². The predicted octanol–water partition coefficient (Wildman–Crippen LogP) is 3.72. The number of piperazine rings is 1.